The molecule has 1 aliphatic carbocycles. The number of rotatable bonds is 4. The molecule has 0 aliphatic heterocycles. The molecule has 17 heavy (non-hydrogen) atoms. The van der Waals surface area contributed by atoms with Crippen LogP contribution in [0.2, 0.25) is 0 Å². The first kappa shape index (κ1) is 12.1. The van der Waals surface area contributed by atoms with Gasteiger partial charge in [0.1, 0.15) is 6.17 Å². The van der Waals surface area contributed by atoms with Gasteiger partial charge in [-0.15, -0.1) is 0 Å². The summed E-state index contributed by atoms with van der Waals surface area (Å²) in [5, 5.41) is 8.64. The summed E-state index contributed by atoms with van der Waals surface area (Å²) in [5.74, 6) is -0.703. The molecule has 1 aromatic rings. The summed E-state index contributed by atoms with van der Waals surface area (Å²) >= 11 is 0. The third-order valence-electron chi connectivity index (χ3n) is 3.47. The van der Waals surface area contributed by atoms with Crippen molar-refractivity contribution in [1.29, 1.82) is 0 Å². The van der Waals surface area contributed by atoms with E-state index < -0.39 is 12.1 Å². The Bertz CT molecular complexity index is 380. The molecule has 0 radical (unpaired) electrons. The van der Waals surface area contributed by atoms with Gasteiger partial charge in [-0.25, -0.2) is 4.39 Å². The van der Waals surface area contributed by atoms with Crippen LogP contribution >= 0.6 is 0 Å². The third kappa shape index (κ3) is 3.05. The van der Waals surface area contributed by atoms with E-state index >= 15 is 0 Å². The molecule has 1 atom stereocenters. The van der Waals surface area contributed by atoms with Crippen molar-refractivity contribution in [3.05, 3.63) is 35.4 Å². The van der Waals surface area contributed by atoms with Crippen molar-refractivity contribution in [2.45, 2.75) is 38.3 Å². The summed E-state index contributed by atoms with van der Waals surface area (Å²) in [7, 11) is 0. The fourth-order valence-corrected chi connectivity index (χ4v) is 2.52. The molecule has 3 heteroatoms. The lowest BCUT2D eigenvalue weighted by Crippen LogP contribution is -2.05. The molecule has 0 bridgehead atoms. The summed E-state index contributed by atoms with van der Waals surface area (Å²) in [5.41, 5.74) is 1.41. The molecule has 1 aromatic carbocycles. The normalized spacial score (nSPS) is 18.2. The second kappa shape index (κ2) is 5.30. The van der Waals surface area contributed by atoms with Crippen LogP contribution in [0.1, 0.15) is 43.0 Å². The summed E-state index contributed by atoms with van der Waals surface area (Å²) in [6.07, 6.45) is 3.30. The lowest BCUT2D eigenvalue weighted by Gasteiger charge is -2.15. The van der Waals surface area contributed by atoms with E-state index in [0.29, 0.717) is 5.56 Å². The third-order valence-corrected chi connectivity index (χ3v) is 3.47. The Hall–Kier alpha value is -1.38. The van der Waals surface area contributed by atoms with Crippen LogP contribution in [0.4, 0.5) is 4.39 Å². The van der Waals surface area contributed by atoms with Gasteiger partial charge in [0, 0.05) is 0 Å². The van der Waals surface area contributed by atoms with E-state index in [4.69, 9.17) is 5.11 Å². The van der Waals surface area contributed by atoms with E-state index in [2.05, 4.69) is 0 Å². The first-order valence-corrected chi connectivity index (χ1v) is 6.11. The number of carbonyl (C=O) groups is 1. The van der Waals surface area contributed by atoms with E-state index in [9.17, 15) is 9.18 Å². The highest BCUT2D eigenvalue weighted by molar-refractivity contribution is 5.70. The van der Waals surface area contributed by atoms with E-state index in [0.717, 1.165) is 31.2 Å². The van der Waals surface area contributed by atoms with E-state index in [1.54, 1.807) is 24.3 Å². The molecule has 0 aromatic heterocycles. The molecule has 1 aliphatic rings. The summed E-state index contributed by atoms with van der Waals surface area (Å²) in [6, 6.07) is 6.87. The minimum atomic E-state index is -0.892. The Morgan fingerprint density at radius 2 is 1.88 bits per heavy atom. The fraction of sp³-hybridized carbons (Fsp3) is 0.500. The maximum absolute atomic E-state index is 14.1. The highest BCUT2D eigenvalue weighted by Crippen LogP contribution is 2.38. The largest absolute Gasteiger partial charge is 0.481 e. The van der Waals surface area contributed by atoms with Crippen LogP contribution < -0.4 is 0 Å². The first-order valence-electron chi connectivity index (χ1n) is 6.11. The van der Waals surface area contributed by atoms with Crippen LogP contribution in [0.3, 0.4) is 0 Å². The predicted octanol–water partition coefficient (Wildman–Crippen LogP) is 3.51. The molecule has 1 saturated carbocycles. The quantitative estimate of drug-likeness (QED) is 0.868. The monoisotopic (exact) mass is 236 g/mol. The van der Waals surface area contributed by atoms with Gasteiger partial charge in [-0.3, -0.25) is 4.79 Å². The highest BCUT2D eigenvalue weighted by atomic mass is 19.1. The first-order chi connectivity index (χ1) is 8.16. The Morgan fingerprint density at radius 1 is 1.29 bits per heavy atom. The van der Waals surface area contributed by atoms with Crippen LogP contribution in [-0.4, -0.2) is 11.1 Å². The summed E-state index contributed by atoms with van der Waals surface area (Å²) in [6.45, 7) is 0. The van der Waals surface area contributed by atoms with Crippen LogP contribution in [0.15, 0.2) is 24.3 Å². The number of hydrogen-bond donors (Lipinski definition) is 1. The predicted molar refractivity (Wildman–Crippen MR) is 63.6 cm³/mol. The molecule has 1 fully saturated rings. The van der Waals surface area contributed by atoms with Gasteiger partial charge in [-0.1, -0.05) is 37.1 Å². The van der Waals surface area contributed by atoms with Crippen molar-refractivity contribution in [3.8, 4) is 0 Å². The number of hydrogen-bond acceptors (Lipinski definition) is 1. The second-order valence-electron chi connectivity index (χ2n) is 4.76. The molecule has 2 nitrogen and oxygen atoms in total. The maximum atomic E-state index is 14.1. The zero-order valence-electron chi connectivity index (χ0n) is 9.73. The highest BCUT2D eigenvalue weighted by Gasteiger charge is 2.25. The van der Waals surface area contributed by atoms with Gasteiger partial charge in [0.05, 0.1) is 6.42 Å². The molecular formula is C14H17FO2. The maximum Gasteiger partial charge on any atom is 0.307 e. The Balaban J connectivity index is 2.03. The van der Waals surface area contributed by atoms with Gasteiger partial charge in [0.2, 0.25) is 0 Å². The fourth-order valence-electron chi connectivity index (χ4n) is 2.52. The Kier molecular flexibility index (Phi) is 3.77. The minimum absolute atomic E-state index is 0.000656. The number of carboxylic acid groups (broad SMARTS) is 1. The van der Waals surface area contributed by atoms with E-state index in [1.165, 1.54) is 0 Å². The number of halogens is 1. The molecule has 0 saturated heterocycles. The molecule has 1 N–H and O–H groups in total. The van der Waals surface area contributed by atoms with Crippen molar-refractivity contribution in [2.75, 3.05) is 0 Å². The average molecular weight is 236 g/mol. The topological polar surface area (TPSA) is 37.3 Å². The van der Waals surface area contributed by atoms with Crippen molar-refractivity contribution in [2.24, 2.45) is 5.92 Å². The van der Waals surface area contributed by atoms with Crippen molar-refractivity contribution >= 4 is 5.97 Å². The van der Waals surface area contributed by atoms with Crippen molar-refractivity contribution in [1.82, 2.24) is 0 Å². The van der Waals surface area contributed by atoms with Crippen LogP contribution in [0.5, 0.6) is 0 Å². The van der Waals surface area contributed by atoms with Crippen LogP contribution in [0, 0.1) is 5.92 Å². The molecule has 0 heterocycles. The van der Waals surface area contributed by atoms with Gasteiger partial charge in [0.15, 0.2) is 0 Å². The number of carboxylic acids is 1. The number of aliphatic carboxylic acids is 1. The minimum Gasteiger partial charge on any atom is -0.481 e. The lowest BCUT2D eigenvalue weighted by molar-refractivity contribution is -0.136. The number of alkyl halides is 1. The summed E-state index contributed by atoms with van der Waals surface area (Å²) in [4.78, 5) is 10.5. The van der Waals surface area contributed by atoms with Crippen LogP contribution in [0.25, 0.3) is 0 Å². The van der Waals surface area contributed by atoms with Gasteiger partial charge >= 0.3 is 5.97 Å². The molecular weight excluding hydrogens is 219 g/mol. The van der Waals surface area contributed by atoms with E-state index in [-0.39, 0.29) is 12.3 Å². The SMILES string of the molecule is O=C(O)Cc1ccc(C(F)C2CCCC2)cc1. The smallest absolute Gasteiger partial charge is 0.307 e. The van der Waals surface area contributed by atoms with Crippen molar-refractivity contribution in [3.63, 3.8) is 0 Å². The molecule has 0 spiro atoms. The lowest BCUT2D eigenvalue weighted by atomic mass is 9.95. The van der Waals surface area contributed by atoms with Gasteiger partial charge in [-0.05, 0) is 29.9 Å². The van der Waals surface area contributed by atoms with Crippen LogP contribution in [-0.2, 0) is 11.2 Å². The Labute approximate surface area is 100 Å². The molecule has 92 valence electrons. The zero-order valence-corrected chi connectivity index (χ0v) is 9.73. The molecule has 0 amide bonds. The molecule has 2 rings (SSSR count). The van der Waals surface area contributed by atoms with Gasteiger partial charge < -0.3 is 5.11 Å². The average Bonchev–Trinajstić information content (AvgIpc) is 2.82. The van der Waals surface area contributed by atoms with E-state index in [1.807, 2.05) is 0 Å². The number of benzene rings is 1. The zero-order chi connectivity index (χ0) is 12.3. The van der Waals surface area contributed by atoms with Crippen molar-refractivity contribution < 1.29 is 14.3 Å². The Morgan fingerprint density at radius 3 is 2.41 bits per heavy atom. The van der Waals surface area contributed by atoms with Gasteiger partial charge in [0.25, 0.3) is 0 Å². The standard InChI is InChI=1S/C14H17FO2/c15-14(11-3-1-2-4-11)12-7-5-10(6-8-12)9-13(16)17/h5-8,11,14H,1-4,9H2,(H,16,17). The molecule has 1 unspecified atom stereocenters. The van der Waals surface area contributed by atoms with Gasteiger partial charge in [-0.2, -0.15) is 0 Å². The second-order valence-corrected chi connectivity index (χ2v) is 4.76. The summed E-state index contributed by atoms with van der Waals surface area (Å²) < 4.78 is 14.1.